The zero-order valence-corrected chi connectivity index (χ0v) is 16.4. The van der Waals surface area contributed by atoms with Gasteiger partial charge in [0.1, 0.15) is 6.10 Å². The largest absolute Gasteiger partial charge is 0.308 e. The summed E-state index contributed by atoms with van der Waals surface area (Å²) in [6.07, 6.45) is -0.669. The van der Waals surface area contributed by atoms with Gasteiger partial charge in [0.25, 0.3) is 10.1 Å². The molecular formula is C15H21N5O4S2. The summed E-state index contributed by atoms with van der Waals surface area (Å²) in [5, 5.41) is 11.9. The Kier molecular flexibility index (Phi) is 7.26. The summed E-state index contributed by atoms with van der Waals surface area (Å²) in [6, 6.07) is 6.22. The molecule has 0 bridgehead atoms. The Bertz CT molecular complexity index is 821. The first-order valence-corrected chi connectivity index (χ1v) is 10.2. The number of benzene rings is 1. The van der Waals surface area contributed by atoms with Gasteiger partial charge in [0.15, 0.2) is 6.29 Å². The molecule has 1 heterocycles. The Morgan fingerprint density at radius 2 is 2.00 bits per heavy atom. The first-order chi connectivity index (χ1) is 12.3. The highest BCUT2D eigenvalue weighted by Gasteiger charge is 2.22. The van der Waals surface area contributed by atoms with E-state index in [9.17, 15) is 13.2 Å². The summed E-state index contributed by atoms with van der Waals surface area (Å²) in [7, 11) is -0.153. The van der Waals surface area contributed by atoms with Gasteiger partial charge in [-0.3, -0.25) is 4.18 Å². The molecule has 2 rings (SSSR count). The van der Waals surface area contributed by atoms with Crippen LogP contribution in [0, 0.1) is 6.92 Å². The SMILES string of the molecule is Cc1ccc(S(=O)(=O)OC(C=O)CSc2nnnn2CCN(C)C)cc1. The molecule has 9 nitrogen and oxygen atoms in total. The van der Waals surface area contributed by atoms with E-state index >= 15 is 0 Å². The molecule has 0 saturated carbocycles. The molecule has 1 aromatic carbocycles. The molecule has 11 heteroatoms. The van der Waals surface area contributed by atoms with Crippen molar-refractivity contribution in [1.82, 2.24) is 25.1 Å². The fourth-order valence-electron chi connectivity index (χ4n) is 1.90. The van der Waals surface area contributed by atoms with E-state index in [-0.39, 0.29) is 10.6 Å². The molecule has 0 aliphatic carbocycles. The van der Waals surface area contributed by atoms with Gasteiger partial charge < -0.3 is 9.69 Å². The fourth-order valence-corrected chi connectivity index (χ4v) is 3.84. The molecule has 0 saturated heterocycles. The van der Waals surface area contributed by atoms with Crippen LogP contribution in [0.3, 0.4) is 0 Å². The maximum absolute atomic E-state index is 12.3. The number of hydrogen-bond donors (Lipinski definition) is 0. The third-order valence-corrected chi connectivity index (χ3v) is 5.74. The summed E-state index contributed by atoms with van der Waals surface area (Å²) in [5.74, 6) is 0.0803. The van der Waals surface area contributed by atoms with Crippen molar-refractivity contribution in [2.24, 2.45) is 0 Å². The molecule has 0 spiro atoms. The van der Waals surface area contributed by atoms with E-state index in [2.05, 4.69) is 15.5 Å². The predicted octanol–water partition coefficient (Wildman–Crippen LogP) is 0.608. The van der Waals surface area contributed by atoms with Gasteiger partial charge in [0.05, 0.1) is 11.4 Å². The van der Waals surface area contributed by atoms with E-state index in [0.29, 0.717) is 18.0 Å². The summed E-state index contributed by atoms with van der Waals surface area (Å²) in [4.78, 5) is 13.3. The molecule has 0 aliphatic rings. The first-order valence-electron chi connectivity index (χ1n) is 7.81. The summed E-state index contributed by atoms with van der Waals surface area (Å²) >= 11 is 1.16. The van der Waals surface area contributed by atoms with Crippen LogP contribution >= 0.6 is 11.8 Å². The second kappa shape index (κ2) is 9.21. The van der Waals surface area contributed by atoms with Crippen LogP contribution < -0.4 is 0 Å². The standard InChI is InChI=1S/C15H21N5O4S2/c1-12-4-6-14(7-5-12)26(22,23)24-13(10-21)11-25-15-16-17-18-20(15)9-8-19(2)3/h4-7,10,13H,8-9,11H2,1-3H3. The van der Waals surface area contributed by atoms with Crippen LogP contribution in [0.4, 0.5) is 0 Å². The summed E-state index contributed by atoms with van der Waals surface area (Å²) < 4.78 is 31.2. The topological polar surface area (TPSA) is 107 Å². The Morgan fingerprint density at radius 3 is 2.62 bits per heavy atom. The average molecular weight is 399 g/mol. The molecule has 26 heavy (non-hydrogen) atoms. The van der Waals surface area contributed by atoms with Crippen molar-refractivity contribution in [1.29, 1.82) is 0 Å². The van der Waals surface area contributed by atoms with Crippen molar-refractivity contribution >= 4 is 28.2 Å². The highest BCUT2D eigenvalue weighted by molar-refractivity contribution is 7.99. The molecule has 1 atom stereocenters. The van der Waals surface area contributed by atoms with Crippen molar-refractivity contribution in [3.05, 3.63) is 29.8 Å². The Hall–Kier alpha value is -1.82. The lowest BCUT2D eigenvalue weighted by Gasteiger charge is -2.12. The normalized spacial score (nSPS) is 13.1. The molecule has 1 unspecified atom stereocenters. The molecule has 0 radical (unpaired) electrons. The van der Waals surface area contributed by atoms with Crippen LogP contribution in [-0.4, -0.2) is 72.3 Å². The maximum atomic E-state index is 12.3. The molecular weight excluding hydrogens is 378 g/mol. The van der Waals surface area contributed by atoms with Gasteiger partial charge in [-0.25, -0.2) is 4.68 Å². The van der Waals surface area contributed by atoms with E-state index in [1.165, 1.54) is 12.1 Å². The van der Waals surface area contributed by atoms with Gasteiger partial charge in [-0.15, -0.1) is 5.10 Å². The second-order valence-corrected chi connectivity index (χ2v) is 8.40. The van der Waals surface area contributed by atoms with Crippen LogP contribution in [-0.2, 0) is 25.6 Å². The first kappa shape index (κ1) is 20.5. The number of likely N-dealkylation sites (N-methyl/N-ethyl adjacent to an activating group) is 1. The van der Waals surface area contributed by atoms with E-state index in [1.807, 2.05) is 25.9 Å². The Morgan fingerprint density at radius 1 is 1.31 bits per heavy atom. The van der Waals surface area contributed by atoms with E-state index in [4.69, 9.17) is 4.18 Å². The lowest BCUT2D eigenvalue weighted by atomic mass is 10.2. The van der Waals surface area contributed by atoms with Crippen LogP contribution in [0.15, 0.2) is 34.3 Å². The van der Waals surface area contributed by atoms with Crippen LogP contribution in [0.1, 0.15) is 5.56 Å². The molecule has 0 aliphatic heterocycles. The number of nitrogens with zero attached hydrogens (tertiary/aromatic N) is 5. The van der Waals surface area contributed by atoms with Crippen molar-refractivity contribution in [2.45, 2.75) is 29.6 Å². The summed E-state index contributed by atoms with van der Waals surface area (Å²) in [6.45, 7) is 3.17. The van der Waals surface area contributed by atoms with Crippen molar-refractivity contribution in [2.75, 3.05) is 26.4 Å². The van der Waals surface area contributed by atoms with Crippen molar-refractivity contribution in [3.8, 4) is 0 Å². The number of hydrogen-bond acceptors (Lipinski definition) is 9. The number of aromatic nitrogens is 4. The van der Waals surface area contributed by atoms with Gasteiger partial charge in [-0.2, -0.15) is 8.42 Å². The molecule has 0 amide bonds. The Labute approximate surface area is 156 Å². The number of aldehydes is 1. The molecule has 2 aromatic rings. The summed E-state index contributed by atoms with van der Waals surface area (Å²) in [5.41, 5.74) is 0.927. The average Bonchev–Trinajstić information content (AvgIpc) is 3.04. The number of carbonyl (C=O) groups excluding carboxylic acids is 1. The van der Waals surface area contributed by atoms with Crippen LogP contribution in [0.2, 0.25) is 0 Å². The minimum absolute atomic E-state index is 0.00997. The third-order valence-electron chi connectivity index (χ3n) is 3.35. The number of aryl methyl sites for hydroxylation is 1. The lowest BCUT2D eigenvalue weighted by molar-refractivity contribution is -0.112. The van der Waals surface area contributed by atoms with Gasteiger partial charge >= 0.3 is 0 Å². The van der Waals surface area contributed by atoms with Crippen LogP contribution in [0.25, 0.3) is 0 Å². The number of rotatable bonds is 10. The minimum Gasteiger partial charge on any atom is -0.308 e. The van der Waals surface area contributed by atoms with Gasteiger partial charge in [0, 0.05) is 12.3 Å². The monoisotopic (exact) mass is 399 g/mol. The lowest BCUT2D eigenvalue weighted by Crippen LogP contribution is -2.23. The zero-order chi connectivity index (χ0) is 19.2. The molecule has 1 aromatic heterocycles. The quantitative estimate of drug-likeness (QED) is 0.322. The fraction of sp³-hybridized carbons (Fsp3) is 0.467. The van der Waals surface area contributed by atoms with Crippen LogP contribution in [0.5, 0.6) is 0 Å². The van der Waals surface area contributed by atoms with Crippen molar-refractivity contribution < 1.29 is 17.4 Å². The second-order valence-electron chi connectivity index (χ2n) is 5.84. The smallest absolute Gasteiger partial charge is 0.297 e. The molecule has 142 valence electrons. The Balaban J connectivity index is 1.99. The number of carbonyl (C=O) groups is 1. The van der Waals surface area contributed by atoms with E-state index in [1.54, 1.807) is 16.8 Å². The molecule has 0 fully saturated rings. The third kappa shape index (κ3) is 5.87. The highest BCUT2D eigenvalue weighted by atomic mass is 32.2. The highest BCUT2D eigenvalue weighted by Crippen LogP contribution is 2.19. The van der Waals surface area contributed by atoms with E-state index in [0.717, 1.165) is 23.9 Å². The molecule has 0 N–H and O–H groups in total. The minimum atomic E-state index is -4.02. The van der Waals surface area contributed by atoms with Crippen molar-refractivity contribution in [3.63, 3.8) is 0 Å². The number of tetrazole rings is 1. The van der Waals surface area contributed by atoms with Gasteiger partial charge in [-0.1, -0.05) is 29.5 Å². The van der Waals surface area contributed by atoms with Gasteiger partial charge in [-0.05, 0) is 43.6 Å². The zero-order valence-electron chi connectivity index (χ0n) is 14.8. The van der Waals surface area contributed by atoms with E-state index < -0.39 is 16.2 Å². The maximum Gasteiger partial charge on any atom is 0.297 e. The number of thioether (sulfide) groups is 1. The van der Waals surface area contributed by atoms with Gasteiger partial charge in [0.2, 0.25) is 5.16 Å². The predicted molar refractivity (Wildman–Crippen MR) is 96.4 cm³/mol.